The molecule has 0 aromatic carbocycles. The van der Waals surface area contributed by atoms with Gasteiger partial charge in [-0.1, -0.05) is 12.5 Å². The van der Waals surface area contributed by atoms with E-state index in [1.165, 1.54) is 0 Å². The quantitative estimate of drug-likeness (QED) is 0.840. The number of hydrogen-bond donors (Lipinski definition) is 1. The molecule has 1 N–H and O–H groups in total. The number of aryl methyl sites for hydroxylation is 1. The van der Waals surface area contributed by atoms with Crippen molar-refractivity contribution >= 4 is 0 Å². The van der Waals surface area contributed by atoms with Crippen molar-refractivity contribution in [1.82, 2.24) is 10.3 Å². The summed E-state index contributed by atoms with van der Waals surface area (Å²) in [6, 6.07) is 8.78. The summed E-state index contributed by atoms with van der Waals surface area (Å²) in [6.07, 6.45) is 3.32. The lowest BCUT2D eigenvalue weighted by Gasteiger charge is -2.15. The molecule has 3 nitrogen and oxygen atoms in total. The van der Waals surface area contributed by atoms with E-state index in [0.717, 1.165) is 37.2 Å². The fraction of sp³-hybridized carbons (Fsp3) is 0.538. The minimum Gasteiger partial charge on any atom is -0.307 e. The van der Waals surface area contributed by atoms with Crippen LogP contribution in [0.2, 0.25) is 0 Å². The highest BCUT2D eigenvalue weighted by molar-refractivity contribution is 5.10. The molecule has 84 valence electrons. The number of rotatable bonds is 3. The second kappa shape index (κ2) is 5.09. The molecule has 1 fully saturated rings. The summed E-state index contributed by atoms with van der Waals surface area (Å²) >= 11 is 0. The monoisotopic (exact) mass is 215 g/mol. The number of pyridine rings is 1. The lowest BCUT2D eigenvalue weighted by atomic mass is 10.1. The van der Waals surface area contributed by atoms with Gasteiger partial charge in [0.1, 0.15) is 0 Å². The average molecular weight is 215 g/mol. The van der Waals surface area contributed by atoms with Crippen molar-refractivity contribution < 1.29 is 0 Å². The van der Waals surface area contributed by atoms with E-state index in [1.54, 1.807) is 0 Å². The molecule has 1 aliphatic rings. The Labute approximate surface area is 96.5 Å². The van der Waals surface area contributed by atoms with E-state index in [2.05, 4.69) is 16.4 Å². The Morgan fingerprint density at radius 3 is 3.12 bits per heavy atom. The van der Waals surface area contributed by atoms with Crippen LogP contribution >= 0.6 is 0 Å². The van der Waals surface area contributed by atoms with Gasteiger partial charge in [-0.2, -0.15) is 5.26 Å². The molecule has 0 amide bonds. The largest absolute Gasteiger partial charge is 0.307 e. The van der Waals surface area contributed by atoms with E-state index in [9.17, 15) is 0 Å². The Balaban J connectivity index is 1.90. The number of nitrogens with one attached hydrogen (secondary N) is 1. The molecule has 16 heavy (non-hydrogen) atoms. The Hall–Kier alpha value is -1.40. The maximum atomic E-state index is 8.97. The third-order valence-corrected chi connectivity index (χ3v) is 3.17. The normalized spacial score (nSPS) is 24.2. The summed E-state index contributed by atoms with van der Waals surface area (Å²) in [5.74, 6) is 0.185. The van der Waals surface area contributed by atoms with Gasteiger partial charge in [-0.3, -0.25) is 4.98 Å². The van der Waals surface area contributed by atoms with Crippen LogP contribution in [0.3, 0.4) is 0 Å². The summed E-state index contributed by atoms with van der Waals surface area (Å²) in [5, 5.41) is 12.4. The van der Waals surface area contributed by atoms with Crippen molar-refractivity contribution in [2.75, 3.05) is 0 Å². The zero-order chi connectivity index (χ0) is 11.4. The van der Waals surface area contributed by atoms with Crippen LogP contribution in [0.25, 0.3) is 0 Å². The topological polar surface area (TPSA) is 48.7 Å². The number of nitriles is 1. The molecule has 1 heterocycles. The van der Waals surface area contributed by atoms with Crippen LogP contribution in [0.5, 0.6) is 0 Å². The Morgan fingerprint density at radius 2 is 2.38 bits per heavy atom. The van der Waals surface area contributed by atoms with Crippen molar-refractivity contribution in [3.63, 3.8) is 0 Å². The molecule has 0 saturated heterocycles. The summed E-state index contributed by atoms with van der Waals surface area (Å²) in [4.78, 5) is 4.44. The molecule has 3 heteroatoms. The Bertz CT molecular complexity index is 394. The SMILES string of the molecule is Cc1cccc(CNC2CCCC2C#N)n1. The lowest BCUT2D eigenvalue weighted by molar-refractivity contribution is 0.461. The van der Waals surface area contributed by atoms with E-state index < -0.39 is 0 Å². The summed E-state index contributed by atoms with van der Waals surface area (Å²) < 4.78 is 0. The molecule has 1 aromatic rings. The zero-order valence-electron chi connectivity index (χ0n) is 9.61. The van der Waals surface area contributed by atoms with Crippen LogP contribution in [0.4, 0.5) is 0 Å². The first-order chi connectivity index (χ1) is 7.79. The van der Waals surface area contributed by atoms with Crippen molar-refractivity contribution in [1.29, 1.82) is 5.26 Å². The molecule has 0 aliphatic heterocycles. The minimum atomic E-state index is 0.185. The van der Waals surface area contributed by atoms with Crippen molar-refractivity contribution in [2.24, 2.45) is 5.92 Å². The second-order valence-electron chi connectivity index (χ2n) is 4.42. The van der Waals surface area contributed by atoms with Gasteiger partial charge in [0.25, 0.3) is 0 Å². The first-order valence-electron chi connectivity index (χ1n) is 5.85. The highest BCUT2D eigenvalue weighted by atomic mass is 14.9. The fourth-order valence-electron chi connectivity index (χ4n) is 2.29. The van der Waals surface area contributed by atoms with E-state index in [1.807, 2.05) is 25.1 Å². The van der Waals surface area contributed by atoms with E-state index >= 15 is 0 Å². The molecule has 2 atom stereocenters. The zero-order valence-corrected chi connectivity index (χ0v) is 9.61. The van der Waals surface area contributed by atoms with Crippen LogP contribution in [0.15, 0.2) is 18.2 Å². The predicted octanol–water partition coefficient (Wildman–Crippen LogP) is 2.17. The van der Waals surface area contributed by atoms with Crippen molar-refractivity contribution in [3.8, 4) is 6.07 Å². The third-order valence-electron chi connectivity index (χ3n) is 3.17. The standard InChI is InChI=1S/C13H17N3/c1-10-4-2-6-12(16-10)9-15-13-7-3-5-11(13)8-14/h2,4,6,11,13,15H,3,5,7,9H2,1H3. The van der Waals surface area contributed by atoms with Crippen LogP contribution in [-0.2, 0) is 6.54 Å². The molecule has 0 spiro atoms. The summed E-state index contributed by atoms with van der Waals surface area (Å²) in [6.45, 7) is 2.77. The summed E-state index contributed by atoms with van der Waals surface area (Å²) in [7, 11) is 0. The highest BCUT2D eigenvalue weighted by Crippen LogP contribution is 2.24. The molecule has 1 aliphatic carbocycles. The van der Waals surface area contributed by atoms with E-state index in [4.69, 9.17) is 5.26 Å². The first-order valence-corrected chi connectivity index (χ1v) is 5.85. The van der Waals surface area contributed by atoms with Gasteiger partial charge in [0.05, 0.1) is 17.7 Å². The molecule has 1 saturated carbocycles. The van der Waals surface area contributed by atoms with E-state index in [0.29, 0.717) is 6.04 Å². The highest BCUT2D eigenvalue weighted by Gasteiger charge is 2.26. The number of hydrogen-bond acceptors (Lipinski definition) is 3. The second-order valence-corrected chi connectivity index (χ2v) is 4.42. The van der Waals surface area contributed by atoms with Crippen LogP contribution in [-0.4, -0.2) is 11.0 Å². The molecule has 2 unspecified atom stereocenters. The van der Waals surface area contributed by atoms with Crippen LogP contribution < -0.4 is 5.32 Å². The Kier molecular flexibility index (Phi) is 3.53. The van der Waals surface area contributed by atoms with Crippen molar-refractivity contribution in [2.45, 2.75) is 38.8 Å². The van der Waals surface area contributed by atoms with E-state index in [-0.39, 0.29) is 5.92 Å². The lowest BCUT2D eigenvalue weighted by Crippen LogP contribution is -2.31. The fourth-order valence-corrected chi connectivity index (χ4v) is 2.29. The predicted molar refractivity (Wildman–Crippen MR) is 62.6 cm³/mol. The third kappa shape index (κ3) is 2.59. The minimum absolute atomic E-state index is 0.185. The van der Waals surface area contributed by atoms with Gasteiger partial charge < -0.3 is 5.32 Å². The molecule has 2 rings (SSSR count). The molecular formula is C13H17N3. The molecule has 0 radical (unpaired) electrons. The van der Waals surface area contributed by atoms with Crippen LogP contribution in [0, 0.1) is 24.2 Å². The molecule has 1 aromatic heterocycles. The first kappa shape index (κ1) is 11.1. The smallest absolute Gasteiger partial charge is 0.0672 e. The van der Waals surface area contributed by atoms with Gasteiger partial charge in [0.15, 0.2) is 0 Å². The van der Waals surface area contributed by atoms with Gasteiger partial charge in [-0.15, -0.1) is 0 Å². The Morgan fingerprint density at radius 1 is 1.50 bits per heavy atom. The maximum absolute atomic E-state index is 8.97. The van der Waals surface area contributed by atoms with Gasteiger partial charge in [0, 0.05) is 18.3 Å². The number of nitrogens with zero attached hydrogens (tertiary/aromatic N) is 2. The van der Waals surface area contributed by atoms with Gasteiger partial charge >= 0.3 is 0 Å². The van der Waals surface area contributed by atoms with Gasteiger partial charge in [-0.25, -0.2) is 0 Å². The summed E-state index contributed by atoms with van der Waals surface area (Å²) in [5.41, 5.74) is 2.10. The average Bonchev–Trinajstić information content (AvgIpc) is 2.74. The maximum Gasteiger partial charge on any atom is 0.0672 e. The van der Waals surface area contributed by atoms with Gasteiger partial charge in [0.2, 0.25) is 0 Å². The number of aromatic nitrogens is 1. The van der Waals surface area contributed by atoms with Crippen LogP contribution in [0.1, 0.15) is 30.7 Å². The molecule has 0 bridgehead atoms. The molecular weight excluding hydrogens is 198 g/mol. The van der Waals surface area contributed by atoms with Crippen molar-refractivity contribution in [3.05, 3.63) is 29.6 Å². The van der Waals surface area contributed by atoms with Gasteiger partial charge in [-0.05, 0) is 31.9 Å².